The van der Waals surface area contributed by atoms with Crippen molar-refractivity contribution in [3.05, 3.63) is 52.8 Å². The van der Waals surface area contributed by atoms with E-state index >= 15 is 0 Å². The van der Waals surface area contributed by atoms with Gasteiger partial charge in [0.1, 0.15) is 11.6 Å². The van der Waals surface area contributed by atoms with Gasteiger partial charge in [0, 0.05) is 10.6 Å². The highest BCUT2D eigenvalue weighted by Crippen LogP contribution is 2.34. The van der Waals surface area contributed by atoms with Gasteiger partial charge in [0.15, 0.2) is 11.3 Å². The lowest BCUT2D eigenvalue weighted by atomic mass is 10.1. The molecule has 3 aromatic rings. The maximum absolute atomic E-state index is 13.2. The van der Waals surface area contributed by atoms with E-state index in [1.807, 2.05) is 0 Å². The van der Waals surface area contributed by atoms with Crippen LogP contribution in [0.25, 0.3) is 16.9 Å². The molecule has 0 saturated carbocycles. The first kappa shape index (κ1) is 14.4. The van der Waals surface area contributed by atoms with Crippen LogP contribution >= 0.6 is 11.6 Å². The minimum absolute atomic E-state index is 0.0300. The smallest absolute Gasteiger partial charge is 0.227 e. The summed E-state index contributed by atoms with van der Waals surface area (Å²) in [6.45, 7) is 0. The zero-order chi connectivity index (χ0) is 15.9. The van der Waals surface area contributed by atoms with Gasteiger partial charge in [-0.1, -0.05) is 29.8 Å². The van der Waals surface area contributed by atoms with E-state index in [1.54, 1.807) is 30.3 Å². The van der Waals surface area contributed by atoms with E-state index in [9.17, 15) is 13.2 Å². The first-order valence-corrected chi connectivity index (χ1v) is 6.40. The van der Waals surface area contributed by atoms with Crippen molar-refractivity contribution in [3.63, 3.8) is 0 Å². The number of nitriles is 1. The summed E-state index contributed by atoms with van der Waals surface area (Å²) in [6.07, 6.45) is -3.59. The van der Waals surface area contributed by atoms with Crippen LogP contribution in [0.3, 0.4) is 0 Å². The Morgan fingerprint density at radius 2 is 1.95 bits per heavy atom. The fourth-order valence-corrected chi connectivity index (χ4v) is 2.28. The van der Waals surface area contributed by atoms with Crippen molar-refractivity contribution in [3.8, 4) is 17.3 Å². The fraction of sp³-hybridized carbons (Fsp3) is 0.0714. The molecule has 0 saturated heterocycles. The van der Waals surface area contributed by atoms with E-state index in [4.69, 9.17) is 16.9 Å². The second-order valence-corrected chi connectivity index (χ2v) is 4.82. The number of rotatable bonds is 1. The number of aromatic nitrogens is 3. The highest BCUT2D eigenvalue weighted by Gasteiger charge is 2.35. The van der Waals surface area contributed by atoms with Crippen LogP contribution in [0.1, 0.15) is 11.3 Å². The van der Waals surface area contributed by atoms with Crippen molar-refractivity contribution in [2.75, 3.05) is 0 Å². The van der Waals surface area contributed by atoms with Gasteiger partial charge in [-0.25, -0.2) is 9.50 Å². The van der Waals surface area contributed by atoms with E-state index in [0.717, 1.165) is 12.3 Å². The molecular weight excluding hydrogens is 317 g/mol. The van der Waals surface area contributed by atoms with Gasteiger partial charge in [-0.2, -0.15) is 23.5 Å². The van der Waals surface area contributed by atoms with Gasteiger partial charge >= 0.3 is 6.18 Å². The molecule has 22 heavy (non-hydrogen) atoms. The van der Waals surface area contributed by atoms with Gasteiger partial charge in [-0.15, -0.1) is 0 Å². The van der Waals surface area contributed by atoms with Crippen molar-refractivity contribution in [1.82, 2.24) is 14.6 Å². The third-order valence-electron chi connectivity index (χ3n) is 3.03. The molecule has 0 aliphatic rings. The first-order chi connectivity index (χ1) is 10.4. The van der Waals surface area contributed by atoms with E-state index in [2.05, 4.69) is 10.1 Å². The molecule has 0 aliphatic carbocycles. The molecule has 8 heteroatoms. The van der Waals surface area contributed by atoms with Crippen LogP contribution in [0, 0.1) is 11.3 Å². The van der Waals surface area contributed by atoms with E-state index in [-0.39, 0.29) is 21.9 Å². The third-order valence-corrected chi connectivity index (χ3v) is 3.36. The van der Waals surface area contributed by atoms with Crippen LogP contribution in [0.4, 0.5) is 13.2 Å². The Labute approximate surface area is 127 Å². The van der Waals surface area contributed by atoms with E-state index in [0.29, 0.717) is 10.1 Å². The third kappa shape index (κ3) is 2.27. The summed E-state index contributed by atoms with van der Waals surface area (Å²) in [6, 6.07) is 9.05. The van der Waals surface area contributed by atoms with Crippen LogP contribution in [0.5, 0.6) is 0 Å². The molecule has 4 nitrogen and oxygen atoms in total. The predicted molar refractivity (Wildman–Crippen MR) is 73.2 cm³/mol. The van der Waals surface area contributed by atoms with Crippen LogP contribution in [-0.4, -0.2) is 14.6 Å². The lowest BCUT2D eigenvalue weighted by molar-refractivity contribution is -0.142. The molecule has 0 atom stereocenters. The van der Waals surface area contributed by atoms with Crippen LogP contribution in [0.2, 0.25) is 5.02 Å². The zero-order valence-corrected chi connectivity index (χ0v) is 11.5. The molecule has 2 heterocycles. The van der Waals surface area contributed by atoms with Crippen molar-refractivity contribution < 1.29 is 13.2 Å². The monoisotopic (exact) mass is 322 g/mol. The van der Waals surface area contributed by atoms with E-state index < -0.39 is 11.9 Å². The van der Waals surface area contributed by atoms with Crippen molar-refractivity contribution >= 4 is 17.2 Å². The summed E-state index contributed by atoms with van der Waals surface area (Å²) < 4.78 is 40.3. The standard InChI is InChI=1S/C14H6ClF3N4/c15-10-4-2-1-3-9(10)11-5-12(14(16,17)18)22-13(21-11)8(6-19)7-20-22/h1-5,7H. The Bertz CT molecular complexity index is 909. The summed E-state index contributed by atoms with van der Waals surface area (Å²) in [7, 11) is 0. The van der Waals surface area contributed by atoms with E-state index in [1.165, 1.54) is 0 Å². The Morgan fingerprint density at radius 3 is 2.59 bits per heavy atom. The van der Waals surface area contributed by atoms with Gasteiger partial charge in [0.25, 0.3) is 0 Å². The highest BCUT2D eigenvalue weighted by molar-refractivity contribution is 6.33. The molecule has 0 radical (unpaired) electrons. The molecule has 110 valence electrons. The largest absolute Gasteiger partial charge is 0.433 e. The number of benzene rings is 1. The molecule has 0 unspecified atom stereocenters. The predicted octanol–water partition coefficient (Wildman–Crippen LogP) is 3.94. The fourth-order valence-electron chi connectivity index (χ4n) is 2.05. The van der Waals surface area contributed by atoms with Crippen molar-refractivity contribution in [2.24, 2.45) is 0 Å². The minimum Gasteiger partial charge on any atom is -0.227 e. The van der Waals surface area contributed by atoms with Gasteiger partial charge in [-0.05, 0) is 12.1 Å². The lowest BCUT2D eigenvalue weighted by Gasteiger charge is -2.11. The molecule has 0 fully saturated rings. The van der Waals surface area contributed by atoms with Gasteiger partial charge < -0.3 is 0 Å². The van der Waals surface area contributed by atoms with Gasteiger partial charge in [0.2, 0.25) is 0 Å². The molecule has 0 aliphatic heterocycles. The lowest BCUT2D eigenvalue weighted by Crippen LogP contribution is -2.13. The number of hydrogen-bond donors (Lipinski definition) is 0. The molecule has 0 N–H and O–H groups in total. The normalized spacial score (nSPS) is 11.6. The quantitative estimate of drug-likeness (QED) is 0.682. The summed E-state index contributed by atoms with van der Waals surface area (Å²) in [5.74, 6) is 0. The summed E-state index contributed by atoms with van der Waals surface area (Å²) in [5, 5.41) is 12.8. The number of nitrogens with zero attached hydrogens (tertiary/aromatic N) is 4. The Balaban J connectivity index is 2.38. The second kappa shape index (κ2) is 5.00. The first-order valence-electron chi connectivity index (χ1n) is 6.03. The Hall–Kier alpha value is -2.59. The molecule has 3 rings (SSSR count). The average Bonchev–Trinajstić information content (AvgIpc) is 2.88. The molecule has 0 spiro atoms. The Kier molecular flexibility index (Phi) is 3.26. The zero-order valence-electron chi connectivity index (χ0n) is 10.8. The van der Waals surface area contributed by atoms with Crippen LogP contribution < -0.4 is 0 Å². The molecule has 0 bridgehead atoms. The van der Waals surface area contributed by atoms with Gasteiger partial charge in [-0.3, -0.25) is 0 Å². The average molecular weight is 323 g/mol. The summed E-state index contributed by atoms with van der Waals surface area (Å²) in [4.78, 5) is 4.10. The topological polar surface area (TPSA) is 54.0 Å². The second-order valence-electron chi connectivity index (χ2n) is 4.41. The maximum Gasteiger partial charge on any atom is 0.433 e. The number of halogens is 4. The molecule has 1 aromatic carbocycles. The van der Waals surface area contributed by atoms with Crippen LogP contribution in [-0.2, 0) is 6.18 Å². The maximum atomic E-state index is 13.2. The summed E-state index contributed by atoms with van der Waals surface area (Å²) >= 11 is 6.02. The Morgan fingerprint density at radius 1 is 1.23 bits per heavy atom. The summed E-state index contributed by atoms with van der Waals surface area (Å²) in [5.41, 5.74) is -0.842. The van der Waals surface area contributed by atoms with Crippen molar-refractivity contribution in [1.29, 1.82) is 5.26 Å². The number of alkyl halides is 3. The van der Waals surface area contributed by atoms with Crippen LogP contribution in [0.15, 0.2) is 36.5 Å². The minimum atomic E-state index is -4.64. The van der Waals surface area contributed by atoms with Gasteiger partial charge in [0.05, 0.1) is 11.9 Å². The number of hydrogen-bond acceptors (Lipinski definition) is 3. The van der Waals surface area contributed by atoms with Crippen molar-refractivity contribution in [2.45, 2.75) is 6.18 Å². The molecule has 0 amide bonds. The highest BCUT2D eigenvalue weighted by atomic mass is 35.5. The number of fused-ring (bicyclic) bond motifs is 1. The molecular formula is C14H6ClF3N4. The molecule has 2 aromatic heterocycles. The SMILES string of the molecule is N#Cc1cnn2c(C(F)(F)F)cc(-c3ccccc3Cl)nc12.